The third-order valence-electron chi connectivity index (χ3n) is 3.15. The second-order valence-electron chi connectivity index (χ2n) is 4.27. The molecule has 1 aliphatic rings. The van der Waals surface area contributed by atoms with Gasteiger partial charge >= 0.3 is 0 Å². The molecule has 2 rings (SSSR count). The fraction of sp³-hybridized carbons (Fsp3) is 0.571. The highest BCUT2D eigenvalue weighted by molar-refractivity contribution is 5.44. The molecular weight excluding hydrogens is 230 g/mol. The number of ether oxygens (including phenoxy) is 3. The first kappa shape index (κ1) is 13.2. The lowest BCUT2D eigenvalue weighted by Gasteiger charge is -2.17. The molecule has 0 aliphatic carbocycles. The van der Waals surface area contributed by atoms with Gasteiger partial charge in [-0.2, -0.15) is 0 Å². The Bertz CT molecular complexity index is 377. The predicted molar refractivity (Wildman–Crippen MR) is 70.0 cm³/mol. The molecular formula is C14H21NO3. The molecule has 0 saturated carbocycles. The van der Waals surface area contributed by atoms with Crippen molar-refractivity contribution in [3.63, 3.8) is 0 Å². The SMILES string of the molecule is CCN(CC)CCOCc1ccc2c(c1)OCO2. The van der Waals surface area contributed by atoms with Crippen molar-refractivity contribution in [2.75, 3.05) is 33.0 Å². The van der Waals surface area contributed by atoms with Crippen LogP contribution in [0.3, 0.4) is 0 Å². The molecule has 0 N–H and O–H groups in total. The van der Waals surface area contributed by atoms with Crippen molar-refractivity contribution in [3.05, 3.63) is 23.8 Å². The summed E-state index contributed by atoms with van der Waals surface area (Å²) in [5.74, 6) is 1.64. The van der Waals surface area contributed by atoms with Crippen LogP contribution in [-0.4, -0.2) is 37.9 Å². The molecule has 0 fully saturated rings. The molecule has 100 valence electrons. The van der Waals surface area contributed by atoms with Gasteiger partial charge in [0.15, 0.2) is 11.5 Å². The third kappa shape index (κ3) is 3.37. The average molecular weight is 251 g/mol. The van der Waals surface area contributed by atoms with E-state index in [9.17, 15) is 0 Å². The van der Waals surface area contributed by atoms with E-state index in [1.165, 1.54) is 0 Å². The van der Waals surface area contributed by atoms with Crippen LogP contribution in [0.2, 0.25) is 0 Å². The summed E-state index contributed by atoms with van der Waals surface area (Å²) in [5.41, 5.74) is 1.12. The lowest BCUT2D eigenvalue weighted by Crippen LogP contribution is -2.26. The minimum Gasteiger partial charge on any atom is -0.454 e. The molecule has 0 bridgehead atoms. The quantitative estimate of drug-likeness (QED) is 0.696. The molecule has 1 aromatic rings. The van der Waals surface area contributed by atoms with E-state index in [2.05, 4.69) is 18.7 Å². The molecule has 0 radical (unpaired) electrons. The zero-order valence-corrected chi connectivity index (χ0v) is 11.1. The molecule has 0 saturated heterocycles. The van der Waals surface area contributed by atoms with Gasteiger partial charge in [0.1, 0.15) is 0 Å². The smallest absolute Gasteiger partial charge is 0.231 e. The Labute approximate surface area is 108 Å². The van der Waals surface area contributed by atoms with Crippen LogP contribution >= 0.6 is 0 Å². The summed E-state index contributed by atoms with van der Waals surface area (Å²) < 4.78 is 16.3. The van der Waals surface area contributed by atoms with Crippen molar-refractivity contribution in [2.45, 2.75) is 20.5 Å². The molecule has 4 nitrogen and oxygen atoms in total. The van der Waals surface area contributed by atoms with E-state index in [-0.39, 0.29) is 0 Å². The minimum absolute atomic E-state index is 0.321. The highest BCUT2D eigenvalue weighted by atomic mass is 16.7. The maximum absolute atomic E-state index is 5.68. The highest BCUT2D eigenvalue weighted by Crippen LogP contribution is 2.32. The molecule has 1 aromatic carbocycles. The van der Waals surface area contributed by atoms with Crippen molar-refractivity contribution in [1.29, 1.82) is 0 Å². The van der Waals surface area contributed by atoms with E-state index in [0.717, 1.165) is 43.3 Å². The van der Waals surface area contributed by atoms with E-state index < -0.39 is 0 Å². The first-order valence-corrected chi connectivity index (χ1v) is 6.52. The van der Waals surface area contributed by atoms with Crippen LogP contribution < -0.4 is 9.47 Å². The van der Waals surface area contributed by atoms with Crippen LogP contribution in [0.5, 0.6) is 11.5 Å². The van der Waals surface area contributed by atoms with E-state index >= 15 is 0 Å². The van der Waals surface area contributed by atoms with Gasteiger partial charge in [0.2, 0.25) is 6.79 Å². The predicted octanol–water partition coefficient (Wildman–Crippen LogP) is 2.27. The van der Waals surface area contributed by atoms with Gasteiger partial charge in [-0.25, -0.2) is 0 Å². The molecule has 0 atom stereocenters. The largest absolute Gasteiger partial charge is 0.454 e. The van der Waals surface area contributed by atoms with Crippen LogP contribution in [0.1, 0.15) is 19.4 Å². The first-order chi connectivity index (χ1) is 8.83. The van der Waals surface area contributed by atoms with Crippen molar-refractivity contribution in [2.24, 2.45) is 0 Å². The van der Waals surface area contributed by atoms with Gasteiger partial charge in [-0.15, -0.1) is 0 Å². The normalized spacial score (nSPS) is 13.3. The van der Waals surface area contributed by atoms with Crippen molar-refractivity contribution < 1.29 is 14.2 Å². The van der Waals surface area contributed by atoms with Gasteiger partial charge in [0, 0.05) is 6.54 Å². The van der Waals surface area contributed by atoms with Crippen LogP contribution in [0.4, 0.5) is 0 Å². The fourth-order valence-electron chi connectivity index (χ4n) is 1.95. The second-order valence-corrected chi connectivity index (χ2v) is 4.27. The summed E-state index contributed by atoms with van der Waals surface area (Å²) in [4.78, 5) is 2.35. The molecule has 1 heterocycles. The van der Waals surface area contributed by atoms with Gasteiger partial charge in [0.05, 0.1) is 13.2 Å². The van der Waals surface area contributed by atoms with E-state index in [1.807, 2.05) is 18.2 Å². The van der Waals surface area contributed by atoms with E-state index in [1.54, 1.807) is 0 Å². The number of likely N-dealkylation sites (N-methyl/N-ethyl adjacent to an activating group) is 1. The fourth-order valence-corrected chi connectivity index (χ4v) is 1.95. The summed E-state index contributed by atoms with van der Waals surface area (Å²) in [7, 11) is 0. The van der Waals surface area contributed by atoms with Gasteiger partial charge < -0.3 is 19.1 Å². The summed E-state index contributed by atoms with van der Waals surface area (Å²) >= 11 is 0. The number of hydrogen-bond acceptors (Lipinski definition) is 4. The van der Waals surface area contributed by atoms with E-state index in [4.69, 9.17) is 14.2 Å². The Hall–Kier alpha value is -1.26. The zero-order chi connectivity index (χ0) is 12.8. The summed E-state index contributed by atoms with van der Waals surface area (Å²) in [5, 5.41) is 0. The highest BCUT2D eigenvalue weighted by Gasteiger charge is 2.12. The number of nitrogens with zero attached hydrogens (tertiary/aromatic N) is 1. The Kier molecular flexibility index (Phi) is 4.84. The molecule has 1 aliphatic heterocycles. The van der Waals surface area contributed by atoms with Crippen molar-refractivity contribution >= 4 is 0 Å². The van der Waals surface area contributed by atoms with Crippen LogP contribution in [0.15, 0.2) is 18.2 Å². The maximum Gasteiger partial charge on any atom is 0.231 e. The molecule has 0 unspecified atom stereocenters. The second kappa shape index (κ2) is 6.61. The maximum atomic E-state index is 5.68. The summed E-state index contributed by atoms with van der Waals surface area (Å²) in [6.07, 6.45) is 0. The molecule has 0 aromatic heterocycles. The molecule has 0 amide bonds. The van der Waals surface area contributed by atoms with Gasteiger partial charge in [-0.1, -0.05) is 19.9 Å². The minimum atomic E-state index is 0.321. The standard InChI is InChI=1S/C14H21NO3/c1-3-15(4-2)7-8-16-10-12-5-6-13-14(9-12)18-11-17-13/h5-6,9H,3-4,7-8,10-11H2,1-2H3. The Morgan fingerprint density at radius 1 is 1.17 bits per heavy atom. The number of rotatable bonds is 7. The number of fused-ring (bicyclic) bond motifs is 1. The van der Waals surface area contributed by atoms with Crippen molar-refractivity contribution in [1.82, 2.24) is 4.90 Å². The molecule has 4 heteroatoms. The van der Waals surface area contributed by atoms with Crippen LogP contribution in [0.25, 0.3) is 0 Å². The third-order valence-corrected chi connectivity index (χ3v) is 3.15. The Morgan fingerprint density at radius 3 is 2.72 bits per heavy atom. The van der Waals surface area contributed by atoms with Gasteiger partial charge in [-0.3, -0.25) is 0 Å². The van der Waals surface area contributed by atoms with Crippen LogP contribution in [0, 0.1) is 0 Å². The molecule has 0 spiro atoms. The van der Waals surface area contributed by atoms with Crippen LogP contribution in [-0.2, 0) is 11.3 Å². The lowest BCUT2D eigenvalue weighted by molar-refractivity contribution is 0.0955. The van der Waals surface area contributed by atoms with E-state index in [0.29, 0.717) is 13.4 Å². The Morgan fingerprint density at radius 2 is 1.94 bits per heavy atom. The topological polar surface area (TPSA) is 30.9 Å². The number of benzene rings is 1. The monoisotopic (exact) mass is 251 g/mol. The Balaban J connectivity index is 1.74. The molecule has 18 heavy (non-hydrogen) atoms. The van der Waals surface area contributed by atoms with Gasteiger partial charge in [0.25, 0.3) is 0 Å². The first-order valence-electron chi connectivity index (χ1n) is 6.52. The van der Waals surface area contributed by atoms with Gasteiger partial charge in [-0.05, 0) is 30.8 Å². The lowest BCUT2D eigenvalue weighted by atomic mass is 10.2. The van der Waals surface area contributed by atoms with Crippen molar-refractivity contribution in [3.8, 4) is 11.5 Å². The summed E-state index contributed by atoms with van der Waals surface area (Å²) in [6, 6.07) is 5.94. The average Bonchev–Trinajstić information content (AvgIpc) is 2.86. The zero-order valence-electron chi connectivity index (χ0n) is 11.1. The summed E-state index contributed by atoms with van der Waals surface area (Å²) in [6.45, 7) is 9.17. The number of hydrogen-bond donors (Lipinski definition) is 0.